The highest BCUT2D eigenvalue weighted by atomic mass is 32.1. The molecule has 3 heterocycles. The third-order valence-corrected chi connectivity index (χ3v) is 5.43. The van der Waals surface area contributed by atoms with Crippen molar-refractivity contribution in [3.63, 3.8) is 0 Å². The fraction of sp³-hybridized carbons (Fsp3) is 0.190. The minimum absolute atomic E-state index is 0.124. The summed E-state index contributed by atoms with van der Waals surface area (Å²) < 4.78 is 3.36. The standard InChI is InChI=1S/C21H20N4O2S/c1-15-5-2-6-16(13-15)14-25-17-7-3-9-22-19(17)24(21(25)27)11-10-23-20(26)18-8-4-12-28-18/h2-9,12-13H,10-11,14H2,1H3,(H,23,26). The number of imidazole rings is 1. The van der Waals surface area contributed by atoms with E-state index in [9.17, 15) is 9.59 Å². The van der Waals surface area contributed by atoms with Crippen LogP contribution in [-0.2, 0) is 13.1 Å². The summed E-state index contributed by atoms with van der Waals surface area (Å²) in [5.74, 6) is -0.125. The summed E-state index contributed by atoms with van der Waals surface area (Å²) in [5, 5.41) is 4.73. The van der Waals surface area contributed by atoms with Crippen molar-refractivity contribution in [1.29, 1.82) is 0 Å². The van der Waals surface area contributed by atoms with Crippen molar-refractivity contribution in [2.75, 3.05) is 6.54 Å². The predicted molar refractivity (Wildman–Crippen MR) is 111 cm³/mol. The number of nitrogens with zero attached hydrogens (tertiary/aromatic N) is 3. The first-order valence-corrected chi connectivity index (χ1v) is 9.93. The van der Waals surface area contributed by atoms with Crippen LogP contribution in [0.25, 0.3) is 11.2 Å². The van der Waals surface area contributed by atoms with E-state index in [0.29, 0.717) is 30.2 Å². The average Bonchev–Trinajstić information content (AvgIpc) is 3.31. The van der Waals surface area contributed by atoms with Crippen LogP contribution in [0.15, 0.2) is 64.9 Å². The van der Waals surface area contributed by atoms with Gasteiger partial charge in [-0.3, -0.25) is 13.9 Å². The number of fused-ring (bicyclic) bond motifs is 1. The smallest absolute Gasteiger partial charge is 0.330 e. The van der Waals surface area contributed by atoms with Crippen LogP contribution in [0.5, 0.6) is 0 Å². The molecule has 142 valence electrons. The van der Waals surface area contributed by atoms with E-state index < -0.39 is 0 Å². The van der Waals surface area contributed by atoms with Crippen LogP contribution in [0.3, 0.4) is 0 Å². The third-order valence-electron chi connectivity index (χ3n) is 4.56. The fourth-order valence-corrected chi connectivity index (χ4v) is 3.91. The minimum Gasteiger partial charge on any atom is -0.350 e. The number of benzene rings is 1. The monoisotopic (exact) mass is 392 g/mol. The van der Waals surface area contributed by atoms with Crippen molar-refractivity contribution in [2.45, 2.75) is 20.0 Å². The minimum atomic E-state index is -0.125. The molecule has 0 unspecified atom stereocenters. The summed E-state index contributed by atoms with van der Waals surface area (Å²) in [4.78, 5) is 30.2. The number of carbonyl (C=O) groups is 1. The van der Waals surface area contributed by atoms with Crippen LogP contribution in [0.1, 0.15) is 20.8 Å². The van der Waals surface area contributed by atoms with Crippen LogP contribution in [0.4, 0.5) is 0 Å². The quantitative estimate of drug-likeness (QED) is 0.548. The van der Waals surface area contributed by atoms with E-state index in [2.05, 4.69) is 16.4 Å². The molecule has 1 aromatic carbocycles. The summed E-state index contributed by atoms with van der Waals surface area (Å²) >= 11 is 1.39. The fourth-order valence-electron chi connectivity index (χ4n) is 3.27. The number of rotatable bonds is 6. The Bertz CT molecular complexity index is 1170. The first-order chi connectivity index (χ1) is 13.6. The summed E-state index contributed by atoms with van der Waals surface area (Å²) in [6.07, 6.45) is 1.68. The van der Waals surface area contributed by atoms with Crippen LogP contribution in [-0.4, -0.2) is 26.6 Å². The lowest BCUT2D eigenvalue weighted by Crippen LogP contribution is -2.31. The van der Waals surface area contributed by atoms with Gasteiger partial charge >= 0.3 is 5.69 Å². The highest BCUT2D eigenvalue weighted by Gasteiger charge is 2.15. The molecule has 0 aliphatic carbocycles. The second-order valence-corrected chi connectivity index (χ2v) is 7.54. The van der Waals surface area contributed by atoms with Gasteiger partial charge in [0.05, 0.1) is 16.9 Å². The highest BCUT2D eigenvalue weighted by molar-refractivity contribution is 7.12. The third kappa shape index (κ3) is 3.61. The molecule has 0 aliphatic rings. The highest BCUT2D eigenvalue weighted by Crippen LogP contribution is 2.13. The maximum absolute atomic E-state index is 13.1. The summed E-state index contributed by atoms with van der Waals surface area (Å²) in [6, 6.07) is 15.5. The zero-order chi connectivity index (χ0) is 19.5. The Morgan fingerprint density at radius 2 is 2.04 bits per heavy atom. The van der Waals surface area contributed by atoms with Gasteiger partial charge in [-0.1, -0.05) is 35.9 Å². The van der Waals surface area contributed by atoms with Gasteiger partial charge in [-0.15, -0.1) is 11.3 Å². The van der Waals surface area contributed by atoms with Gasteiger partial charge in [-0.25, -0.2) is 9.78 Å². The molecule has 0 saturated carbocycles. The molecule has 0 spiro atoms. The number of aromatic nitrogens is 3. The summed E-state index contributed by atoms with van der Waals surface area (Å²) in [7, 11) is 0. The van der Waals surface area contributed by atoms with Crippen molar-refractivity contribution in [1.82, 2.24) is 19.4 Å². The number of amides is 1. The molecule has 3 aromatic heterocycles. The topological polar surface area (TPSA) is 68.9 Å². The molecule has 0 aliphatic heterocycles. The van der Waals surface area contributed by atoms with E-state index in [1.165, 1.54) is 11.3 Å². The van der Waals surface area contributed by atoms with Gasteiger partial charge in [-0.05, 0) is 36.1 Å². The second kappa shape index (κ2) is 7.82. The van der Waals surface area contributed by atoms with Crippen LogP contribution < -0.4 is 11.0 Å². The van der Waals surface area contributed by atoms with Gasteiger partial charge in [-0.2, -0.15) is 0 Å². The van der Waals surface area contributed by atoms with E-state index in [1.54, 1.807) is 21.4 Å². The molecule has 6 nitrogen and oxygen atoms in total. The first kappa shape index (κ1) is 18.2. The Hall–Kier alpha value is -3.19. The maximum Gasteiger partial charge on any atom is 0.330 e. The molecule has 7 heteroatoms. The van der Waals surface area contributed by atoms with E-state index in [-0.39, 0.29) is 11.6 Å². The van der Waals surface area contributed by atoms with E-state index in [1.807, 2.05) is 48.7 Å². The lowest BCUT2D eigenvalue weighted by molar-refractivity contribution is 0.0956. The molecule has 4 aromatic rings. The molecule has 0 bridgehead atoms. The number of hydrogen-bond donors (Lipinski definition) is 1. The number of thiophene rings is 1. The van der Waals surface area contributed by atoms with E-state index in [0.717, 1.165) is 16.6 Å². The van der Waals surface area contributed by atoms with Crippen molar-refractivity contribution >= 4 is 28.4 Å². The number of carbonyl (C=O) groups excluding carboxylic acids is 1. The van der Waals surface area contributed by atoms with Crippen molar-refractivity contribution in [3.05, 3.63) is 86.6 Å². The molecule has 0 atom stereocenters. The second-order valence-electron chi connectivity index (χ2n) is 6.59. The zero-order valence-corrected chi connectivity index (χ0v) is 16.3. The molecule has 1 N–H and O–H groups in total. The van der Waals surface area contributed by atoms with Crippen LogP contribution >= 0.6 is 11.3 Å². The van der Waals surface area contributed by atoms with Gasteiger partial charge in [0, 0.05) is 19.3 Å². The molecule has 0 radical (unpaired) electrons. The molecular weight excluding hydrogens is 372 g/mol. The normalized spacial score (nSPS) is 11.0. The van der Waals surface area contributed by atoms with Crippen molar-refractivity contribution in [2.24, 2.45) is 0 Å². The van der Waals surface area contributed by atoms with Crippen molar-refractivity contribution in [3.8, 4) is 0 Å². The number of hydrogen-bond acceptors (Lipinski definition) is 4. The average molecular weight is 392 g/mol. The lowest BCUT2D eigenvalue weighted by Gasteiger charge is -2.05. The molecule has 1 amide bonds. The number of aryl methyl sites for hydroxylation is 1. The number of pyridine rings is 1. The van der Waals surface area contributed by atoms with Gasteiger partial charge in [0.2, 0.25) is 0 Å². The Kier molecular flexibility index (Phi) is 5.08. The molecule has 0 saturated heterocycles. The van der Waals surface area contributed by atoms with Gasteiger partial charge in [0.1, 0.15) is 0 Å². The Morgan fingerprint density at radius 1 is 1.14 bits per heavy atom. The Labute approximate surface area is 166 Å². The largest absolute Gasteiger partial charge is 0.350 e. The Balaban J connectivity index is 1.59. The van der Waals surface area contributed by atoms with Crippen LogP contribution in [0.2, 0.25) is 0 Å². The Morgan fingerprint density at radius 3 is 2.82 bits per heavy atom. The molecular formula is C21H20N4O2S. The number of nitrogens with one attached hydrogen (secondary N) is 1. The SMILES string of the molecule is Cc1cccc(Cn2c(=O)n(CCNC(=O)c3cccs3)c3ncccc32)c1. The van der Waals surface area contributed by atoms with Gasteiger partial charge in [0.15, 0.2) is 5.65 Å². The van der Waals surface area contributed by atoms with Crippen molar-refractivity contribution < 1.29 is 4.79 Å². The molecule has 4 rings (SSSR count). The van der Waals surface area contributed by atoms with Gasteiger partial charge in [0.25, 0.3) is 5.91 Å². The predicted octanol–water partition coefficient (Wildman–Crippen LogP) is 3.05. The van der Waals surface area contributed by atoms with Crippen LogP contribution in [0, 0.1) is 6.92 Å². The summed E-state index contributed by atoms with van der Waals surface area (Å²) in [6.45, 7) is 3.24. The maximum atomic E-state index is 13.1. The van der Waals surface area contributed by atoms with E-state index >= 15 is 0 Å². The lowest BCUT2D eigenvalue weighted by atomic mass is 10.1. The zero-order valence-electron chi connectivity index (χ0n) is 15.5. The molecule has 0 fully saturated rings. The molecule has 28 heavy (non-hydrogen) atoms. The summed E-state index contributed by atoms with van der Waals surface area (Å²) in [5.41, 5.74) is 3.52. The van der Waals surface area contributed by atoms with Gasteiger partial charge < -0.3 is 5.32 Å². The first-order valence-electron chi connectivity index (χ1n) is 9.05. The van der Waals surface area contributed by atoms with E-state index in [4.69, 9.17) is 0 Å².